The van der Waals surface area contributed by atoms with E-state index in [9.17, 15) is 0 Å². The summed E-state index contributed by atoms with van der Waals surface area (Å²) in [5.74, 6) is 2.38. The van der Waals surface area contributed by atoms with Crippen molar-refractivity contribution >= 4 is 6.08 Å². The van der Waals surface area contributed by atoms with Gasteiger partial charge in [-0.05, 0) is 41.8 Å². The molecule has 0 aliphatic rings. The Labute approximate surface area is 125 Å². The molecule has 2 aromatic carbocycles. The summed E-state index contributed by atoms with van der Waals surface area (Å²) >= 11 is 0. The highest BCUT2D eigenvalue weighted by Crippen LogP contribution is 2.27. The fourth-order valence-electron chi connectivity index (χ4n) is 2.05. The summed E-state index contributed by atoms with van der Waals surface area (Å²) < 4.78 is 15.7. The van der Waals surface area contributed by atoms with Crippen LogP contribution < -0.4 is 14.2 Å². The fraction of sp³-hybridized carbons (Fsp3) is 0.222. The van der Waals surface area contributed by atoms with Gasteiger partial charge in [0, 0.05) is 0 Å². The number of methoxy groups -OCH3 is 3. The Morgan fingerprint density at radius 3 is 2.14 bits per heavy atom. The first-order chi connectivity index (χ1) is 10.3. The lowest BCUT2D eigenvalue weighted by atomic mass is 10.1. The molecule has 3 nitrogen and oxygen atoms in total. The van der Waals surface area contributed by atoms with Crippen LogP contribution in [0.5, 0.6) is 17.2 Å². The van der Waals surface area contributed by atoms with Crippen molar-refractivity contribution in [3.63, 3.8) is 0 Å². The molecule has 0 radical (unpaired) electrons. The molecule has 0 fully saturated rings. The molecule has 0 N–H and O–H groups in total. The zero-order valence-corrected chi connectivity index (χ0v) is 12.6. The van der Waals surface area contributed by atoms with Gasteiger partial charge < -0.3 is 14.2 Å². The first kappa shape index (κ1) is 15.0. The van der Waals surface area contributed by atoms with Crippen LogP contribution in [0.25, 0.3) is 6.08 Å². The molecule has 0 atom stereocenters. The molecule has 21 heavy (non-hydrogen) atoms. The highest BCUT2D eigenvalue weighted by molar-refractivity contribution is 5.51. The van der Waals surface area contributed by atoms with Gasteiger partial charge in [0.25, 0.3) is 0 Å². The van der Waals surface area contributed by atoms with Crippen LogP contribution in [0.4, 0.5) is 0 Å². The molecule has 0 amide bonds. The Morgan fingerprint density at radius 1 is 0.810 bits per heavy atom. The van der Waals surface area contributed by atoms with Crippen LogP contribution in [0.1, 0.15) is 11.1 Å². The minimum atomic E-state index is 0.750. The van der Waals surface area contributed by atoms with Crippen LogP contribution in [0.15, 0.2) is 48.5 Å². The maximum absolute atomic E-state index is 5.30. The molecule has 0 aliphatic carbocycles. The van der Waals surface area contributed by atoms with Crippen LogP contribution in [0.3, 0.4) is 0 Å². The summed E-state index contributed by atoms with van der Waals surface area (Å²) in [7, 11) is 4.96. The van der Waals surface area contributed by atoms with Gasteiger partial charge in [-0.1, -0.05) is 30.4 Å². The molecule has 0 unspecified atom stereocenters. The largest absolute Gasteiger partial charge is 0.497 e. The lowest BCUT2D eigenvalue weighted by Crippen LogP contribution is -1.92. The quantitative estimate of drug-likeness (QED) is 0.803. The highest BCUT2D eigenvalue weighted by atomic mass is 16.5. The third-order valence-electron chi connectivity index (χ3n) is 3.23. The first-order valence-electron chi connectivity index (χ1n) is 6.78. The van der Waals surface area contributed by atoms with Gasteiger partial charge in [0.2, 0.25) is 0 Å². The van der Waals surface area contributed by atoms with Gasteiger partial charge in [-0.15, -0.1) is 0 Å². The van der Waals surface area contributed by atoms with Gasteiger partial charge in [0.1, 0.15) is 5.75 Å². The number of hydrogen-bond donors (Lipinski definition) is 0. The fourth-order valence-corrected chi connectivity index (χ4v) is 2.05. The predicted molar refractivity (Wildman–Crippen MR) is 85.3 cm³/mol. The molecule has 0 spiro atoms. The molecule has 3 heteroatoms. The van der Waals surface area contributed by atoms with Crippen LogP contribution in [0.2, 0.25) is 0 Å². The lowest BCUT2D eigenvalue weighted by Gasteiger charge is -2.08. The van der Waals surface area contributed by atoms with E-state index in [1.807, 2.05) is 42.5 Å². The van der Waals surface area contributed by atoms with E-state index < -0.39 is 0 Å². The third-order valence-corrected chi connectivity index (χ3v) is 3.23. The molecule has 0 saturated heterocycles. The lowest BCUT2D eigenvalue weighted by molar-refractivity contribution is 0.354. The van der Waals surface area contributed by atoms with Gasteiger partial charge in [-0.2, -0.15) is 0 Å². The minimum absolute atomic E-state index is 0.750. The third kappa shape index (κ3) is 4.02. The summed E-state index contributed by atoms with van der Waals surface area (Å²) in [6.45, 7) is 0. The second kappa shape index (κ2) is 7.39. The normalized spacial score (nSPS) is 10.6. The van der Waals surface area contributed by atoms with Crippen LogP contribution in [-0.2, 0) is 6.42 Å². The van der Waals surface area contributed by atoms with E-state index in [4.69, 9.17) is 14.2 Å². The van der Waals surface area contributed by atoms with E-state index in [0.29, 0.717) is 0 Å². The Kier molecular flexibility index (Phi) is 5.27. The van der Waals surface area contributed by atoms with Crippen molar-refractivity contribution in [3.8, 4) is 17.2 Å². The number of allylic oxidation sites excluding steroid dienone is 1. The van der Waals surface area contributed by atoms with Crippen molar-refractivity contribution in [1.82, 2.24) is 0 Å². The summed E-state index contributed by atoms with van der Waals surface area (Å²) in [6, 6.07) is 13.9. The molecule has 2 aromatic rings. The summed E-state index contributed by atoms with van der Waals surface area (Å²) in [6.07, 6.45) is 5.06. The molecule has 0 aliphatic heterocycles. The zero-order chi connectivity index (χ0) is 15.1. The summed E-state index contributed by atoms with van der Waals surface area (Å²) in [4.78, 5) is 0. The standard InChI is InChI=1S/C18H20O3/c1-19-16-10-7-14(8-11-16)5-4-6-15-9-12-17(20-2)18(13-15)21-3/h4-5,7-13H,6H2,1-3H3/b5-4+. The first-order valence-corrected chi connectivity index (χ1v) is 6.78. The Hall–Kier alpha value is -2.42. The average molecular weight is 284 g/mol. The molecular formula is C18H20O3. The second-order valence-corrected chi connectivity index (χ2v) is 4.57. The van der Waals surface area contributed by atoms with Crippen LogP contribution in [-0.4, -0.2) is 21.3 Å². The molecule has 110 valence electrons. The van der Waals surface area contributed by atoms with Crippen LogP contribution in [0, 0.1) is 0 Å². The predicted octanol–water partition coefficient (Wildman–Crippen LogP) is 3.97. The van der Waals surface area contributed by atoms with Crippen molar-refractivity contribution in [1.29, 1.82) is 0 Å². The van der Waals surface area contributed by atoms with E-state index >= 15 is 0 Å². The maximum Gasteiger partial charge on any atom is 0.160 e. The van der Waals surface area contributed by atoms with E-state index in [1.54, 1.807) is 21.3 Å². The Balaban J connectivity index is 2.03. The second-order valence-electron chi connectivity index (χ2n) is 4.57. The van der Waals surface area contributed by atoms with Crippen LogP contribution >= 0.6 is 0 Å². The van der Waals surface area contributed by atoms with E-state index in [0.717, 1.165) is 29.2 Å². The number of ether oxygens (including phenoxy) is 3. The minimum Gasteiger partial charge on any atom is -0.497 e. The summed E-state index contributed by atoms with van der Waals surface area (Å²) in [5.41, 5.74) is 2.33. The highest BCUT2D eigenvalue weighted by Gasteiger charge is 2.03. The zero-order valence-electron chi connectivity index (χ0n) is 12.6. The molecular weight excluding hydrogens is 264 g/mol. The van der Waals surface area contributed by atoms with Gasteiger partial charge in [-0.25, -0.2) is 0 Å². The maximum atomic E-state index is 5.30. The SMILES string of the molecule is COc1ccc(/C=C/Cc2ccc(OC)c(OC)c2)cc1. The van der Waals surface area contributed by atoms with Gasteiger partial charge >= 0.3 is 0 Å². The van der Waals surface area contributed by atoms with E-state index in [1.165, 1.54) is 5.56 Å². The number of rotatable bonds is 6. The monoisotopic (exact) mass is 284 g/mol. The van der Waals surface area contributed by atoms with Crippen molar-refractivity contribution in [2.24, 2.45) is 0 Å². The number of hydrogen-bond acceptors (Lipinski definition) is 3. The number of benzene rings is 2. The Morgan fingerprint density at radius 2 is 1.52 bits per heavy atom. The van der Waals surface area contributed by atoms with Gasteiger partial charge in [0.05, 0.1) is 21.3 Å². The van der Waals surface area contributed by atoms with Crippen molar-refractivity contribution < 1.29 is 14.2 Å². The molecule has 0 bridgehead atoms. The van der Waals surface area contributed by atoms with Crippen molar-refractivity contribution in [2.75, 3.05) is 21.3 Å². The van der Waals surface area contributed by atoms with Gasteiger partial charge in [0.15, 0.2) is 11.5 Å². The molecule has 2 rings (SSSR count). The molecule has 0 aromatic heterocycles. The Bertz CT molecular complexity index is 600. The van der Waals surface area contributed by atoms with Crippen molar-refractivity contribution in [3.05, 3.63) is 59.7 Å². The molecule has 0 saturated carbocycles. The topological polar surface area (TPSA) is 27.7 Å². The smallest absolute Gasteiger partial charge is 0.160 e. The van der Waals surface area contributed by atoms with Crippen molar-refractivity contribution in [2.45, 2.75) is 6.42 Å². The molecule has 0 heterocycles. The summed E-state index contributed by atoms with van der Waals surface area (Å²) in [5, 5.41) is 0. The van der Waals surface area contributed by atoms with E-state index in [2.05, 4.69) is 12.2 Å². The van der Waals surface area contributed by atoms with Gasteiger partial charge in [-0.3, -0.25) is 0 Å². The van der Waals surface area contributed by atoms with E-state index in [-0.39, 0.29) is 0 Å². The average Bonchev–Trinajstić information content (AvgIpc) is 2.55.